The lowest BCUT2D eigenvalue weighted by Crippen LogP contribution is -2.34. The number of carbonyl (C=O) groups is 1. The molecular formula is C36H51NO6. The fraction of sp³-hybridized carbons (Fsp3) is 0.583. The number of ether oxygens (including phenoxy) is 3. The van der Waals surface area contributed by atoms with Gasteiger partial charge in [0.05, 0.1) is 31.3 Å². The molecule has 0 aliphatic rings. The molecule has 0 amide bonds. The molecule has 0 saturated heterocycles. The number of unbranched alkanes of at least 4 members (excludes halogenated alkanes) is 8. The minimum atomic E-state index is -0.433. The minimum absolute atomic E-state index is 0.0630. The van der Waals surface area contributed by atoms with E-state index in [4.69, 9.17) is 18.6 Å². The Morgan fingerprint density at radius 1 is 0.860 bits per heavy atom. The number of hydrogen-bond acceptors (Lipinski definition) is 7. The third kappa shape index (κ3) is 10.7. The third-order valence-corrected chi connectivity index (χ3v) is 8.33. The summed E-state index contributed by atoms with van der Waals surface area (Å²) in [5.41, 5.74) is 0.663. The van der Waals surface area contributed by atoms with E-state index < -0.39 is 11.0 Å². The number of nitrogens with zero attached hydrogens (tertiary/aromatic N) is 1. The summed E-state index contributed by atoms with van der Waals surface area (Å²) < 4.78 is 22.1. The highest BCUT2D eigenvalue weighted by molar-refractivity contribution is 5.79. The van der Waals surface area contributed by atoms with Gasteiger partial charge >= 0.3 is 11.6 Å². The van der Waals surface area contributed by atoms with E-state index in [0.717, 1.165) is 48.8 Å². The molecule has 0 aliphatic carbocycles. The van der Waals surface area contributed by atoms with Gasteiger partial charge in [-0.3, -0.25) is 4.79 Å². The zero-order valence-electron chi connectivity index (χ0n) is 27.1. The summed E-state index contributed by atoms with van der Waals surface area (Å²) >= 11 is 0. The zero-order chi connectivity index (χ0) is 31.2. The Morgan fingerprint density at radius 2 is 1.47 bits per heavy atom. The van der Waals surface area contributed by atoms with Gasteiger partial charge < -0.3 is 18.6 Å². The standard InChI is InChI=1S/C36H51NO6/c1-26(2)24-27(3)36(4,5)35(39)42-23-15-13-11-9-7-8-10-12-14-22-41-32-21-18-29-25-31(34(38)43-33(29)37-32)28-16-19-30(40-6)20-17-28/h16-21,25-27H,7-15,22-24H2,1-6H3. The van der Waals surface area contributed by atoms with Crippen LogP contribution in [0, 0.1) is 17.3 Å². The Bertz CT molecular complexity index is 1330. The normalized spacial score (nSPS) is 12.4. The number of aromatic nitrogens is 1. The average Bonchev–Trinajstić information content (AvgIpc) is 2.98. The van der Waals surface area contributed by atoms with Crippen molar-refractivity contribution in [1.82, 2.24) is 4.98 Å². The minimum Gasteiger partial charge on any atom is -0.497 e. The van der Waals surface area contributed by atoms with Gasteiger partial charge in [-0.2, -0.15) is 4.98 Å². The second-order valence-corrected chi connectivity index (χ2v) is 12.6. The average molecular weight is 594 g/mol. The Balaban J connectivity index is 1.24. The first-order valence-corrected chi connectivity index (χ1v) is 16.0. The molecule has 1 unspecified atom stereocenters. The highest BCUT2D eigenvalue weighted by Gasteiger charge is 2.35. The molecule has 1 aromatic carbocycles. The summed E-state index contributed by atoms with van der Waals surface area (Å²) in [6.45, 7) is 11.7. The molecule has 2 aromatic heterocycles. The van der Waals surface area contributed by atoms with Crippen LogP contribution in [0.4, 0.5) is 0 Å². The quantitative estimate of drug-likeness (QED) is 0.101. The van der Waals surface area contributed by atoms with Gasteiger partial charge in [0.1, 0.15) is 5.75 Å². The largest absolute Gasteiger partial charge is 0.497 e. The summed E-state index contributed by atoms with van der Waals surface area (Å²) in [5.74, 6) is 2.02. The lowest BCUT2D eigenvalue weighted by molar-refractivity contribution is -0.157. The molecule has 0 bridgehead atoms. The van der Waals surface area contributed by atoms with E-state index in [2.05, 4.69) is 25.8 Å². The molecular weight excluding hydrogens is 542 g/mol. The molecule has 1 atom stereocenters. The molecule has 2 heterocycles. The van der Waals surface area contributed by atoms with Gasteiger partial charge in [0, 0.05) is 11.5 Å². The van der Waals surface area contributed by atoms with Gasteiger partial charge in [0.2, 0.25) is 11.6 Å². The number of hydrogen-bond donors (Lipinski definition) is 0. The van der Waals surface area contributed by atoms with Crippen molar-refractivity contribution in [3.05, 3.63) is 52.9 Å². The van der Waals surface area contributed by atoms with Crippen LogP contribution in [0.5, 0.6) is 11.6 Å². The first-order chi connectivity index (χ1) is 20.6. The molecule has 3 aromatic rings. The second kappa shape index (κ2) is 17.1. The summed E-state index contributed by atoms with van der Waals surface area (Å²) in [7, 11) is 1.61. The number of fused-ring (bicyclic) bond motifs is 1. The van der Waals surface area contributed by atoms with Crippen LogP contribution in [0.2, 0.25) is 0 Å². The number of rotatable bonds is 19. The van der Waals surface area contributed by atoms with Crippen LogP contribution in [-0.4, -0.2) is 31.3 Å². The van der Waals surface area contributed by atoms with Crippen molar-refractivity contribution in [3.63, 3.8) is 0 Å². The molecule has 0 radical (unpaired) electrons. The lowest BCUT2D eigenvalue weighted by Gasteiger charge is -2.30. The predicted molar refractivity (Wildman–Crippen MR) is 173 cm³/mol. The van der Waals surface area contributed by atoms with Gasteiger partial charge in [-0.15, -0.1) is 0 Å². The van der Waals surface area contributed by atoms with Gasteiger partial charge in [0.25, 0.3) is 0 Å². The van der Waals surface area contributed by atoms with E-state index in [1.807, 2.05) is 50.2 Å². The van der Waals surface area contributed by atoms with Crippen LogP contribution >= 0.6 is 0 Å². The first-order valence-electron chi connectivity index (χ1n) is 16.0. The van der Waals surface area contributed by atoms with Crippen LogP contribution in [-0.2, 0) is 9.53 Å². The molecule has 43 heavy (non-hydrogen) atoms. The molecule has 7 heteroatoms. The van der Waals surface area contributed by atoms with E-state index in [1.165, 1.54) is 32.1 Å². The van der Waals surface area contributed by atoms with Crippen LogP contribution < -0.4 is 15.1 Å². The fourth-order valence-electron chi connectivity index (χ4n) is 5.21. The Hall–Kier alpha value is -3.35. The SMILES string of the molecule is COc1ccc(-c2cc3ccc(OCCCCCCCCCCCOC(=O)C(C)(C)C(C)CC(C)C)nc3oc2=O)cc1. The van der Waals surface area contributed by atoms with Gasteiger partial charge in [-0.25, -0.2) is 4.79 Å². The second-order valence-electron chi connectivity index (χ2n) is 12.6. The van der Waals surface area contributed by atoms with E-state index in [1.54, 1.807) is 13.2 Å². The maximum absolute atomic E-state index is 12.6. The van der Waals surface area contributed by atoms with Crippen molar-refractivity contribution in [3.8, 4) is 22.8 Å². The number of esters is 1. The van der Waals surface area contributed by atoms with Crippen molar-refractivity contribution in [2.24, 2.45) is 17.3 Å². The highest BCUT2D eigenvalue weighted by atomic mass is 16.5. The molecule has 0 aliphatic heterocycles. The van der Waals surface area contributed by atoms with Gasteiger partial charge in [0.15, 0.2) is 0 Å². The topological polar surface area (TPSA) is 87.9 Å². The van der Waals surface area contributed by atoms with Crippen LogP contribution in [0.25, 0.3) is 22.2 Å². The van der Waals surface area contributed by atoms with E-state index >= 15 is 0 Å². The maximum atomic E-state index is 12.6. The van der Waals surface area contributed by atoms with Crippen LogP contribution in [0.1, 0.15) is 98.8 Å². The molecule has 0 spiro atoms. The van der Waals surface area contributed by atoms with Gasteiger partial charge in [-0.1, -0.05) is 77.8 Å². The van der Waals surface area contributed by atoms with E-state index in [9.17, 15) is 9.59 Å². The smallest absolute Gasteiger partial charge is 0.345 e. The summed E-state index contributed by atoms with van der Waals surface area (Å²) in [4.78, 5) is 29.5. The molecule has 0 N–H and O–H groups in total. The molecule has 236 valence electrons. The fourth-order valence-corrected chi connectivity index (χ4v) is 5.21. The third-order valence-electron chi connectivity index (χ3n) is 8.33. The molecule has 7 nitrogen and oxygen atoms in total. The van der Waals surface area contributed by atoms with Crippen molar-refractivity contribution in [2.75, 3.05) is 20.3 Å². The van der Waals surface area contributed by atoms with Crippen molar-refractivity contribution < 1.29 is 23.4 Å². The predicted octanol–water partition coefficient (Wildman–Crippen LogP) is 9.00. The summed E-state index contributed by atoms with van der Waals surface area (Å²) in [6, 6.07) is 12.8. The van der Waals surface area contributed by atoms with E-state index in [0.29, 0.717) is 36.5 Å². The maximum Gasteiger partial charge on any atom is 0.345 e. The highest BCUT2D eigenvalue weighted by Crippen LogP contribution is 2.33. The van der Waals surface area contributed by atoms with Crippen molar-refractivity contribution in [1.29, 1.82) is 0 Å². The van der Waals surface area contributed by atoms with Crippen molar-refractivity contribution >= 4 is 17.1 Å². The molecule has 0 fully saturated rings. The Morgan fingerprint density at radius 3 is 2.07 bits per heavy atom. The zero-order valence-corrected chi connectivity index (χ0v) is 27.1. The lowest BCUT2D eigenvalue weighted by atomic mass is 9.76. The monoisotopic (exact) mass is 593 g/mol. The van der Waals surface area contributed by atoms with Crippen LogP contribution in [0.15, 0.2) is 51.7 Å². The Kier molecular flexibility index (Phi) is 13.6. The van der Waals surface area contributed by atoms with Crippen LogP contribution in [0.3, 0.4) is 0 Å². The number of carbonyl (C=O) groups excluding carboxylic acids is 1. The molecule has 0 saturated carbocycles. The first kappa shape index (κ1) is 34.1. The van der Waals surface area contributed by atoms with Gasteiger partial charge in [-0.05, 0) is 74.8 Å². The molecule has 3 rings (SSSR count). The number of pyridine rings is 1. The van der Waals surface area contributed by atoms with Crippen molar-refractivity contribution in [2.45, 2.75) is 98.8 Å². The number of methoxy groups -OCH3 is 1. The summed E-state index contributed by atoms with van der Waals surface area (Å²) in [5, 5.41) is 0.745. The summed E-state index contributed by atoms with van der Waals surface area (Å²) in [6.07, 6.45) is 11.2. The number of benzene rings is 1. The van der Waals surface area contributed by atoms with E-state index in [-0.39, 0.29) is 11.7 Å². The Labute approximate surface area is 257 Å².